The average Bonchev–Trinajstić information content (AvgIpc) is 3.05. The second-order valence-corrected chi connectivity index (χ2v) is 12.3. The SMILES string of the molecule is COC[C@H]1O[C@H](O[C@H]2O[C@H]([C@H](Nc3cccc4cccnc34)C(=O)OC(C)(C)C)[C@@H](OC)[C@H](OC)[C@H]2OC)[C@H](OC)[C@@H](OC)[C@@H]1OC. The van der Waals surface area contributed by atoms with Crippen molar-refractivity contribution < 1.29 is 56.9 Å². The Hall–Kier alpha value is -2.50. The van der Waals surface area contributed by atoms with Crippen LogP contribution >= 0.6 is 0 Å². The molecule has 0 saturated carbocycles. The van der Waals surface area contributed by atoms with Crippen LogP contribution in [0.4, 0.5) is 5.69 Å². The molecule has 0 radical (unpaired) electrons. The first-order valence-electron chi connectivity index (χ1n) is 15.5. The van der Waals surface area contributed by atoms with E-state index in [4.69, 9.17) is 52.1 Å². The molecule has 2 fully saturated rings. The lowest BCUT2D eigenvalue weighted by molar-refractivity contribution is -0.383. The predicted molar refractivity (Wildman–Crippen MR) is 170 cm³/mol. The fourth-order valence-corrected chi connectivity index (χ4v) is 6.25. The van der Waals surface area contributed by atoms with Crippen LogP contribution < -0.4 is 5.32 Å². The van der Waals surface area contributed by atoms with Crippen LogP contribution in [-0.2, 0) is 56.9 Å². The molecule has 14 heteroatoms. The van der Waals surface area contributed by atoms with Gasteiger partial charge in [0.25, 0.3) is 0 Å². The Morgan fingerprint density at radius 2 is 1.36 bits per heavy atom. The van der Waals surface area contributed by atoms with E-state index in [-0.39, 0.29) is 6.61 Å². The molecule has 3 heterocycles. The van der Waals surface area contributed by atoms with Gasteiger partial charge < -0.3 is 57.4 Å². The van der Waals surface area contributed by atoms with Gasteiger partial charge in [0.05, 0.1) is 17.8 Å². The Bertz CT molecular complexity index is 1270. The minimum atomic E-state index is -1.14. The van der Waals surface area contributed by atoms with Gasteiger partial charge in [0.15, 0.2) is 18.6 Å². The summed E-state index contributed by atoms with van der Waals surface area (Å²) >= 11 is 0. The monoisotopic (exact) mass is 666 g/mol. The molecule has 4 rings (SSSR count). The van der Waals surface area contributed by atoms with Crippen molar-refractivity contribution in [1.29, 1.82) is 0 Å². The first-order chi connectivity index (χ1) is 22.5. The van der Waals surface area contributed by atoms with Crippen LogP contribution in [0, 0.1) is 0 Å². The molecule has 0 spiro atoms. The number of hydrogen-bond donors (Lipinski definition) is 1. The molecule has 14 nitrogen and oxygen atoms in total. The number of nitrogens with one attached hydrogen (secondary N) is 1. The molecule has 0 unspecified atom stereocenters. The van der Waals surface area contributed by atoms with Gasteiger partial charge >= 0.3 is 5.97 Å². The minimum Gasteiger partial charge on any atom is -0.458 e. The summed E-state index contributed by atoms with van der Waals surface area (Å²) in [5.41, 5.74) is 0.464. The maximum absolute atomic E-state index is 14.0. The summed E-state index contributed by atoms with van der Waals surface area (Å²) in [7, 11) is 10.8. The molecule has 2 saturated heterocycles. The molecule has 264 valence electrons. The summed E-state index contributed by atoms with van der Waals surface area (Å²) in [4.78, 5) is 18.6. The van der Waals surface area contributed by atoms with E-state index in [1.165, 1.54) is 28.4 Å². The number of ether oxygens (including phenoxy) is 11. The Morgan fingerprint density at radius 3 is 1.94 bits per heavy atom. The van der Waals surface area contributed by atoms with Crippen LogP contribution in [0.3, 0.4) is 0 Å². The quantitative estimate of drug-likeness (QED) is 0.295. The van der Waals surface area contributed by atoms with Crippen molar-refractivity contribution in [2.45, 2.75) is 93.8 Å². The van der Waals surface area contributed by atoms with Crippen molar-refractivity contribution >= 4 is 22.6 Å². The van der Waals surface area contributed by atoms with Crippen molar-refractivity contribution in [2.24, 2.45) is 0 Å². The van der Waals surface area contributed by atoms with E-state index < -0.39 is 79.0 Å². The predicted octanol–water partition coefficient (Wildman–Crippen LogP) is 2.56. The zero-order chi connectivity index (χ0) is 34.3. The highest BCUT2D eigenvalue weighted by Gasteiger charge is 2.55. The van der Waals surface area contributed by atoms with Crippen LogP contribution in [0.2, 0.25) is 0 Å². The Morgan fingerprint density at radius 1 is 0.787 bits per heavy atom. The number of para-hydroxylation sites is 1. The van der Waals surface area contributed by atoms with Gasteiger partial charge in [-0.05, 0) is 32.9 Å². The van der Waals surface area contributed by atoms with Gasteiger partial charge in [0.1, 0.15) is 54.4 Å². The van der Waals surface area contributed by atoms with Gasteiger partial charge in [-0.1, -0.05) is 18.2 Å². The zero-order valence-corrected chi connectivity index (χ0v) is 28.9. The summed E-state index contributed by atoms with van der Waals surface area (Å²) in [5.74, 6) is -0.576. The average molecular weight is 667 g/mol. The Labute approximate surface area is 276 Å². The highest BCUT2D eigenvalue weighted by molar-refractivity contribution is 5.92. The number of esters is 1. The lowest BCUT2D eigenvalue weighted by Gasteiger charge is -2.49. The highest BCUT2D eigenvalue weighted by Crippen LogP contribution is 2.36. The van der Waals surface area contributed by atoms with Gasteiger partial charge in [-0.2, -0.15) is 0 Å². The molecule has 1 aromatic heterocycles. The van der Waals surface area contributed by atoms with E-state index in [9.17, 15) is 4.79 Å². The number of carbonyl (C=O) groups excluding carboxylic acids is 1. The summed E-state index contributed by atoms with van der Waals surface area (Å²) in [6.45, 7) is 5.59. The molecule has 0 amide bonds. The molecule has 0 aliphatic carbocycles. The highest BCUT2D eigenvalue weighted by atomic mass is 16.8. The normalized spacial score (nSPS) is 32.2. The summed E-state index contributed by atoms with van der Waals surface area (Å²) < 4.78 is 66.0. The lowest BCUT2D eigenvalue weighted by Crippen LogP contribution is -2.67. The van der Waals surface area contributed by atoms with E-state index in [1.54, 1.807) is 48.3 Å². The topological polar surface area (TPSA) is 144 Å². The summed E-state index contributed by atoms with van der Waals surface area (Å²) in [5, 5.41) is 4.24. The number of pyridine rings is 1. The van der Waals surface area contributed by atoms with Crippen molar-refractivity contribution in [3.05, 3.63) is 36.5 Å². The summed E-state index contributed by atoms with van der Waals surface area (Å²) in [6.07, 6.45) is -6.26. The molecule has 47 heavy (non-hydrogen) atoms. The number of benzene rings is 1. The standard InChI is InChI=1S/C33H50N2O12/c1-33(2,3)47-30(36)22(35-19-15-11-13-18-14-12-16-34-21(18)19)24-26(40-7)27(41-8)29(43-10)32(45-24)46-31-28(42-9)25(39-6)23(38-5)20(44-31)17-37-4/h11-16,20,22-29,31-32,35H,17H2,1-10H3/t20-,22+,23-,24-,25+,26-,27+,28-,29-,31-,32-/m1/s1. The first-order valence-corrected chi connectivity index (χ1v) is 15.5. The molecule has 1 aromatic carbocycles. The van der Waals surface area contributed by atoms with E-state index in [0.717, 1.165) is 5.39 Å². The van der Waals surface area contributed by atoms with Crippen LogP contribution in [0.25, 0.3) is 10.9 Å². The van der Waals surface area contributed by atoms with Gasteiger partial charge in [-0.3, -0.25) is 4.98 Å². The lowest BCUT2D eigenvalue weighted by atomic mass is 9.92. The second kappa shape index (κ2) is 16.7. The molecule has 2 aliphatic rings. The first kappa shape index (κ1) is 37.3. The zero-order valence-electron chi connectivity index (χ0n) is 28.9. The number of carbonyl (C=O) groups is 1. The number of fused-ring (bicyclic) bond motifs is 1. The van der Waals surface area contributed by atoms with Crippen molar-refractivity contribution in [1.82, 2.24) is 4.98 Å². The Kier molecular flexibility index (Phi) is 13.3. The fourth-order valence-electron chi connectivity index (χ4n) is 6.25. The number of aromatic nitrogens is 1. The smallest absolute Gasteiger partial charge is 0.331 e. The number of anilines is 1. The van der Waals surface area contributed by atoms with Gasteiger partial charge in [0.2, 0.25) is 0 Å². The van der Waals surface area contributed by atoms with Gasteiger partial charge in [-0.15, -0.1) is 0 Å². The molecule has 2 aromatic rings. The fraction of sp³-hybridized carbons (Fsp3) is 0.697. The van der Waals surface area contributed by atoms with Crippen molar-refractivity contribution in [2.75, 3.05) is 61.7 Å². The van der Waals surface area contributed by atoms with E-state index >= 15 is 0 Å². The van der Waals surface area contributed by atoms with Gasteiger partial charge in [0, 0.05) is 61.4 Å². The number of methoxy groups -OCH3 is 7. The molecule has 1 N–H and O–H groups in total. The van der Waals surface area contributed by atoms with E-state index in [2.05, 4.69) is 10.3 Å². The third-order valence-corrected chi connectivity index (χ3v) is 8.29. The van der Waals surface area contributed by atoms with Crippen LogP contribution in [-0.4, -0.2) is 140 Å². The molecule has 11 atom stereocenters. The molecule has 2 aliphatic heterocycles. The number of hydrogen-bond acceptors (Lipinski definition) is 14. The minimum absolute atomic E-state index is 0.201. The van der Waals surface area contributed by atoms with Crippen molar-refractivity contribution in [3.8, 4) is 0 Å². The molecular formula is C33H50N2O12. The molecule has 0 bridgehead atoms. The van der Waals surface area contributed by atoms with Crippen molar-refractivity contribution in [3.63, 3.8) is 0 Å². The third kappa shape index (κ3) is 8.39. The third-order valence-electron chi connectivity index (χ3n) is 8.29. The maximum atomic E-state index is 14.0. The van der Waals surface area contributed by atoms with Crippen LogP contribution in [0.5, 0.6) is 0 Å². The number of rotatable bonds is 14. The van der Waals surface area contributed by atoms with Gasteiger partial charge in [-0.25, -0.2) is 4.79 Å². The van der Waals surface area contributed by atoms with E-state index in [0.29, 0.717) is 11.2 Å². The second-order valence-electron chi connectivity index (χ2n) is 12.3. The molecular weight excluding hydrogens is 616 g/mol. The van der Waals surface area contributed by atoms with E-state index in [1.807, 2.05) is 30.3 Å². The number of nitrogens with zero attached hydrogens (tertiary/aromatic N) is 1. The van der Waals surface area contributed by atoms with Crippen LogP contribution in [0.15, 0.2) is 36.5 Å². The maximum Gasteiger partial charge on any atom is 0.331 e. The largest absolute Gasteiger partial charge is 0.458 e. The summed E-state index contributed by atoms with van der Waals surface area (Å²) in [6, 6.07) is 8.33. The van der Waals surface area contributed by atoms with Crippen LogP contribution in [0.1, 0.15) is 20.8 Å². The Balaban J connectivity index is 1.75.